The highest BCUT2D eigenvalue weighted by Gasteiger charge is 2.14. The summed E-state index contributed by atoms with van der Waals surface area (Å²) in [4.78, 5) is 12.3. The van der Waals surface area contributed by atoms with Gasteiger partial charge in [-0.25, -0.2) is 0 Å². The minimum atomic E-state index is -0.347. The fourth-order valence-corrected chi connectivity index (χ4v) is 2.67. The number of methoxy groups -OCH3 is 1. The van der Waals surface area contributed by atoms with Gasteiger partial charge in [-0.05, 0) is 24.3 Å². The third-order valence-corrected chi connectivity index (χ3v) is 4.16. The van der Waals surface area contributed by atoms with E-state index in [1.807, 2.05) is 54.6 Å². The van der Waals surface area contributed by atoms with Crippen LogP contribution in [0.2, 0.25) is 0 Å². The van der Waals surface area contributed by atoms with Gasteiger partial charge < -0.3 is 19.1 Å². The molecule has 2 aromatic carbocycles. The molecule has 140 valence electrons. The van der Waals surface area contributed by atoms with Gasteiger partial charge in [-0.1, -0.05) is 40.6 Å². The van der Waals surface area contributed by atoms with Crippen LogP contribution in [-0.4, -0.2) is 23.3 Å². The van der Waals surface area contributed by atoms with E-state index in [0.29, 0.717) is 17.2 Å². The Kier molecular flexibility index (Phi) is 4.88. The maximum Gasteiger partial charge on any atom is 0.273 e. The summed E-state index contributed by atoms with van der Waals surface area (Å²) in [5, 5.41) is 10.6. The van der Waals surface area contributed by atoms with E-state index < -0.39 is 0 Å². The van der Waals surface area contributed by atoms with Crippen molar-refractivity contribution in [3.8, 4) is 28.4 Å². The van der Waals surface area contributed by atoms with Crippen LogP contribution in [0, 0.1) is 0 Å². The number of nitrogens with one attached hydrogen (secondary N) is 1. The minimum absolute atomic E-state index is 0.206. The monoisotopic (exact) mass is 375 g/mol. The third kappa shape index (κ3) is 3.78. The van der Waals surface area contributed by atoms with Crippen molar-refractivity contribution in [1.29, 1.82) is 0 Å². The highest BCUT2D eigenvalue weighted by atomic mass is 16.5. The molecule has 0 saturated heterocycles. The van der Waals surface area contributed by atoms with Gasteiger partial charge in [-0.2, -0.15) is 0 Å². The Hall–Kier alpha value is -3.87. The number of hydrogen-bond acceptors (Lipinski definition) is 6. The third-order valence-electron chi connectivity index (χ3n) is 4.16. The molecule has 0 fully saturated rings. The lowest BCUT2D eigenvalue weighted by Gasteiger charge is -1.99. The number of aromatic nitrogens is 2. The number of rotatable bonds is 6. The van der Waals surface area contributed by atoms with Crippen molar-refractivity contribution in [3.05, 3.63) is 78.1 Å². The number of carbonyl (C=O) groups excluding carboxylic acids is 1. The van der Waals surface area contributed by atoms with E-state index in [1.165, 1.54) is 0 Å². The molecule has 7 nitrogen and oxygen atoms in total. The molecule has 0 bridgehead atoms. The number of nitrogens with zero attached hydrogens (tertiary/aromatic N) is 2. The summed E-state index contributed by atoms with van der Waals surface area (Å²) in [6.45, 7) is 0.214. The van der Waals surface area contributed by atoms with Crippen molar-refractivity contribution in [3.63, 3.8) is 0 Å². The lowest BCUT2D eigenvalue weighted by atomic mass is 10.1. The van der Waals surface area contributed by atoms with E-state index >= 15 is 0 Å². The lowest BCUT2D eigenvalue weighted by Crippen LogP contribution is -2.23. The molecule has 0 spiro atoms. The van der Waals surface area contributed by atoms with Crippen LogP contribution in [0.5, 0.6) is 5.75 Å². The molecule has 4 rings (SSSR count). The van der Waals surface area contributed by atoms with Gasteiger partial charge in [0.15, 0.2) is 17.2 Å². The second-order valence-corrected chi connectivity index (χ2v) is 6.04. The Morgan fingerprint density at radius 2 is 1.61 bits per heavy atom. The Bertz CT molecular complexity index is 1070. The topological polar surface area (TPSA) is 90.4 Å². The van der Waals surface area contributed by atoms with Crippen LogP contribution in [0.4, 0.5) is 0 Å². The maximum absolute atomic E-state index is 12.3. The first-order chi connectivity index (χ1) is 13.7. The molecule has 28 heavy (non-hydrogen) atoms. The van der Waals surface area contributed by atoms with Crippen LogP contribution >= 0.6 is 0 Å². The summed E-state index contributed by atoms with van der Waals surface area (Å²) < 4.78 is 15.7. The zero-order valence-corrected chi connectivity index (χ0v) is 15.1. The molecule has 0 aliphatic heterocycles. The molecular weight excluding hydrogens is 358 g/mol. The van der Waals surface area contributed by atoms with Gasteiger partial charge in [0.25, 0.3) is 5.91 Å². The predicted octanol–water partition coefficient (Wildman–Crippen LogP) is 3.94. The van der Waals surface area contributed by atoms with Crippen molar-refractivity contribution in [2.45, 2.75) is 6.54 Å². The summed E-state index contributed by atoms with van der Waals surface area (Å²) in [7, 11) is 1.61. The molecule has 0 aliphatic carbocycles. The quantitative estimate of drug-likeness (QED) is 0.549. The number of benzene rings is 2. The van der Waals surface area contributed by atoms with Gasteiger partial charge in [0, 0.05) is 23.3 Å². The molecule has 2 heterocycles. The Morgan fingerprint density at radius 1 is 0.929 bits per heavy atom. The molecule has 4 aromatic rings. The zero-order chi connectivity index (χ0) is 19.3. The Morgan fingerprint density at radius 3 is 2.36 bits per heavy atom. The number of hydrogen-bond donors (Lipinski definition) is 1. The van der Waals surface area contributed by atoms with Crippen molar-refractivity contribution in [1.82, 2.24) is 15.6 Å². The van der Waals surface area contributed by atoms with E-state index in [0.717, 1.165) is 16.9 Å². The van der Waals surface area contributed by atoms with Crippen LogP contribution in [0.1, 0.15) is 16.2 Å². The first-order valence-corrected chi connectivity index (χ1v) is 8.63. The predicted molar refractivity (Wildman–Crippen MR) is 102 cm³/mol. The highest BCUT2D eigenvalue weighted by molar-refractivity contribution is 5.93. The smallest absolute Gasteiger partial charge is 0.273 e. The summed E-state index contributed by atoms with van der Waals surface area (Å²) >= 11 is 0. The average Bonchev–Trinajstić information content (AvgIpc) is 3.43. The number of carbonyl (C=O) groups is 1. The second-order valence-electron chi connectivity index (χ2n) is 6.04. The molecule has 2 aromatic heterocycles. The van der Waals surface area contributed by atoms with Gasteiger partial charge in [-0.15, -0.1) is 0 Å². The van der Waals surface area contributed by atoms with E-state index in [4.69, 9.17) is 13.8 Å². The fraction of sp³-hybridized carbons (Fsp3) is 0.0952. The fourth-order valence-electron chi connectivity index (χ4n) is 2.67. The van der Waals surface area contributed by atoms with Crippen molar-refractivity contribution in [2.24, 2.45) is 0 Å². The molecule has 0 saturated carbocycles. The Labute approximate surface area is 160 Å². The van der Waals surface area contributed by atoms with Gasteiger partial charge in [0.05, 0.1) is 13.7 Å². The Balaban J connectivity index is 1.39. The van der Waals surface area contributed by atoms with Crippen LogP contribution in [-0.2, 0) is 6.54 Å². The van der Waals surface area contributed by atoms with Crippen LogP contribution in [0.25, 0.3) is 22.6 Å². The van der Waals surface area contributed by atoms with Crippen LogP contribution < -0.4 is 10.1 Å². The molecular formula is C21H17N3O4. The molecule has 1 amide bonds. The molecule has 7 heteroatoms. The van der Waals surface area contributed by atoms with Crippen LogP contribution in [0.3, 0.4) is 0 Å². The van der Waals surface area contributed by atoms with E-state index in [9.17, 15) is 4.79 Å². The molecule has 0 atom stereocenters. The molecule has 0 aliphatic rings. The van der Waals surface area contributed by atoms with Gasteiger partial charge in [-0.3, -0.25) is 4.79 Å². The molecule has 0 radical (unpaired) electrons. The number of ether oxygens (including phenoxy) is 1. The standard InChI is InChI=1S/C21H17N3O4/c1-26-17-9-7-15(8-10-17)19-11-16(23-27-19)13-22-21(25)18-12-20(28-24-18)14-5-3-2-4-6-14/h2-12H,13H2,1H3,(H,22,25). The average molecular weight is 375 g/mol. The minimum Gasteiger partial charge on any atom is -0.497 e. The van der Waals surface area contributed by atoms with Crippen molar-refractivity contribution in [2.75, 3.05) is 7.11 Å². The first-order valence-electron chi connectivity index (χ1n) is 8.63. The van der Waals surface area contributed by atoms with Gasteiger partial charge >= 0.3 is 0 Å². The maximum atomic E-state index is 12.3. The van der Waals surface area contributed by atoms with E-state index in [1.54, 1.807) is 19.2 Å². The second kappa shape index (κ2) is 7.79. The van der Waals surface area contributed by atoms with E-state index in [-0.39, 0.29) is 18.1 Å². The normalized spacial score (nSPS) is 10.6. The summed E-state index contributed by atoms with van der Waals surface area (Å²) in [5.74, 6) is 1.56. The van der Waals surface area contributed by atoms with E-state index in [2.05, 4.69) is 15.6 Å². The van der Waals surface area contributed by atoms with Crippen molar-refractivity contribution < 1.29 is 18.6 Å². The largest absolute Gasteiger partial charge is 0.497 e. The highest BCUT2D eigenvalue weighted by Crippen LogP contribution is 2.23. The SMILES string of the molecule is COc1ccc(-c2cc(CNC(=O)c3cc(-c4ccccc4)on3)no2)cc1. The lowest BCUT2D eigenvalue weighted by molar-refractivity contribution is 0.0941. The van der Waals surface area contributed by atoms with Gasteiger partial charge in [0.2, 0.25) is 0 Å². The van der Waals surface area contributed by atoms with Crippen LogP contribution in [0.15, 0.2) is 75.8 Å². The molecule has 0 unspecified atom stereocenters. The summed E-state index contributed by atoms with van der Waals surface area (Å²) in [6, 6.07) is 20.3. The van der Waals surface area contributed by atoms with Crippen molar-refractivity contribution >= 4 is 5.91 Å². The van der Waals surface area contributed by atoms with Gasteiger partial charge in [0.1, 0.15) is 11.4 Å². The molecule has 1 N–H and O–H groups in total. The summed E-state index contributed by atoms with van der Waals surface area (Å²) in [5.41, 5.74) is 2.54. The summed E-state index contributed by atoms with van der Waals surface area (Å²) in [6.07, 6.45) is 0. The first kappa shape index (κ1) is 17.5. The number of amides is 1. The zero-order valence-electron chi connectivity index (χ0n) is 15.1.